The molecule has 2 amide bonds. The molecule has 1 fully saturated rings. The van der Waals surface area contributed by atoms with Gasteiger partial charge in [0.1, 0.15) is 5.76 Å². The topological polar surface area (TPSA) is 81.9 Å². The summed E-state index contributed by atoms with van der Waals surface area (Å²) >= 11 is 0. The first-order valence-electron chi connectivity index (χ1n) is 8.93. The Kier molecular flexibility index (Phi) is 6.95. The molecule has 1 saturated heterocycles. The van der Waals surface area contributed by atoms with Crippen LogP contribution in [-0.4, -0.2) is 83.5 Å². The monoisotopic (exact) mass is 351 g/mol. The first-order chi connectivity index (χ1) is 11.9. The molecule has 2 heterocycles. The molecule has 1 unspecified atom stereocenters. The van der Waals surface area contributed by atoms with E-state index in [-0.39, 0.29) is 17.9 Å². The highest BCUT2D eigenvalue weighted by atomic mass is 16.5. The Morgan fingerprint density at radius 3 is 2.44 bits per heavy atom. The zero-order valence-electron chi connectivity index (χ0n) is 15.6. The van der Waals surface area contributed by atoms with Gasteiger partial charge in [-0.05, 0) is 27.7 Å². The molecule has 0 aromatic carbocycles. The van der Waals surface area contributed by atoms with Crippen LogP contribution in [0.3, 0.4) is 0 Å². The number of anilines is 1. The highest BCUT2D eigenvalue weighted by Crippen LogP contribution is 2.11. The Bertz CT molecular complexity index is 577. The SMILES string of the molecule is CCN(CC)C(=O)CN1CCN(C(C)C(=O)Nc2cc(C)on2)CC1. The fourth-order valence-corrected chi connectivity index (χ4v) is 3.00. The molecule has 1 aromatic heterocycles. The van der Waals surface area contributed by atoms with Crippen molar-refractivity contribution in [1.29, 1.82) is 0 Å². The maximum Gasteiger partial charge on any atom is 0.242 e. The molecule has 8 heteroatoms. The van der Waals surface area contributed by atoms with E-state index < -0.39 is 0 Å². The lowest BCUT2D eigenvalue weighted by Crippen LogP contribution is -2.54. The van der Waals surface area contributed by atoms with Gasteiger partial charge in [0.15, 0.2) is 5.82 Å². The van der Waals surface area contributed by atoms with Crippen molar-refractivity contribution in [3.63, 3.8) is 0 Å². The Balaban J connectivity index is 1.78. The van der Waals surface area contributed by atoms with Gasteiger partial charge in [0.25, 0.3) is 0 Å². The molecule has 2 rings (SSSR count). The van der Waals surface area contributed by atoms with Gasteiger partial charge in [-0.3, -0.25) is 19.4 Å². The standard InChI is InChI=1S/C17H29N5O3/c1-5-21(6-2)16(23)12-20-7-9-22(10-8-20)14(4)17(24)18-15-11-13(3)25-19-15/h11,14H,5-10,12H2,1-4H3,(H,18,19,24). The summed E-state index contributed by atoms with van der Waals surface area (Å²) in [5.74, 6) is 1.18. The van der Waals surface area contributed by atoms with E-state index >= 15 is 0 Å². The number of rotatable bonds is 7. The molecule has 8 nitrogen and oxygen atoms in total. The maximum absolute atomic E-state index is 12.3. The minimum Gasteiger partial charge on any atom is -0.360 e. The molecular weight excluding hydrogens is 322 g/mol. The lowest BCUT2D eigenvalue weighted by molar-refractivity contribution is -0.133. The van der Waals surface area contributed by atoms with Crippen LogP contribution in [0.15, 0.2) is 10.6 Å². The molecule has 1 N–H and O–H groups in total. The predicted octanol–water partition coefficient (Wildman–Crippen LogP) is 0.796. The fraction of sp³-hybridized carbons (Fsp3) is 0.706. The van der Waals surface area contributed by atoms with Crippen LogP contribution in [0.1, 0.15) is 26.5 Å². The molecule has 0 aliphatic carbocycles. The van der Waals surface area contributed by atoms with Gasteiger partial charge in [0.05, 0.1) is 12.6 Å². The van der Waals surface area contributed by atoms with Crippen molar-refractivity contribution >= 4 is 17.6 Å². The third kappa shape index (κ3) is 5.27. The summed E-state index contributed by atoms with van der Waals surface area (Å²) < 4.78 is 4.96. The van der Waals surface area contributed by atoms with Gasteiger partial charge in [-0.2, -0.15) is 0 Å². The average Bonchev–Trinajstić information content (AvgIpc) is 3.00. The van der Waals surface area contributed by atoms with E-state index in [0.717, 1.165) is 39.3 Å². The molecule has 1 aliphatic rings. The lowest BCUT2D eigenvalue weighted by Gasteiger charge is -2.37. The van der Waals surface area contributed by atoms with Gasteiger partial charge in [-0.15, -0.1) is 0 Å². The molecule has 1 aliphatic heterocycles. The quantitative estimate of drug-likeness (QED) is 0.782. The smallest absolute Gasteiger partial charge is 0.242 e. The van der Waals surface area contributed by atoms with E-state index in [1.807, 2.05) is 25.7 Å². The maximum atomic E-state index is 12.3. The molecule has 0 saturated carbocycles. The lowest BCUT2D eigenvalue weighted by atomic mass is 10.2. The second-order valence-corrected chi connectivity index (χ2v) is 6.37. The average molecular weight is 351 g/mol. The summed E-state index contributed by atoms with van der Waals surface area (Å²) in [6.07, 6.45) is 0. The number of aryl methyl sites for hydroxylation is 1. The van der Waals surface area contributed by atoms with Crippen molar-refractivity contribution in [3.05, 3.63) is 11.8 Å². The Labute approximate surface area is 149 Å². The molecule has 1 aromatic rings. The van der Waals surface area contributed by atoms with Crippen molar-refractivity contribution in [2.75, 3.05) is 51.1 Å². The minimum atomic E-state index is -0.252. The highest BCUT2D eigenvalue weighted by Gasteiger charge is 2.27. The van der Waals surface area contributed by atoms with Crippen LogP contribution in [0.2, 0.25) is 0 Å². The Hall–Kier alpha value is -1.93. The Morgan fingerprint density at radius 1 is 1.28 bits per heavy atom. The van der Waals surface area contributed by atoms with Crippen LogP contribution in [0, 0.1) is 6.92 Å². The highest BCUT2D eigenvalue weighted by molar-refractivity contribution is 5.93. The molecule has 0 bridgehead atoms. The third-order valence-electron chi connectivity index (χ3n) is 4.69. The number of amides is 2. The number of hydrogen-bond donors (Lipinski definition) is 1. The fourth-order valence-electron chi connectivity index (χ4n) is 3.00. The molecule has 0 radical (unpaired) electrons. The summed E-state index contributed by atoms with van der Waals surface area (Å²) in [4.78, 5) is 30.7. The second kappa shape index (κ2) is 8.96. The number of aromatic nitrogens is 1. The van der Waals surface area contributed by atoms with Crippen LogP contribution in [0.4, 0.5) is 5.82 Å². The summed E-state index contributed by atoms with van der Waals surface area (Å²) in [6.45, 7) is 12.7. The van der Waals surface area contributed by atoms with E-state index in [4.69, 9.17) is 4.52 Å². The zero-order chi connectivity index (χ0) is 18.4. The van der Waals surface area contributed by atoms with Crippen molar-refractivity contribution in [2.45, 2.75) is 33.7 Å². The van der Waals surface area contributed by atoms with Crippen LogP contribution < -0.4 is 5.32 Å². The first kappa shape index (κ1) is 19.4. The number of hydrogen-bond acceptors (Lipinski definition) is 6. The molecule has 25 heavy (non-hydrogen) atoms. The van der Waals surface area contributed by atoms with Crippen LogP contribution in [-0.2, 0) is 9.59 Å². The zero-order valence-corrected chi connectivity index (χ0v) is 15.6. The van der Waals surface area contributed by atoms with E-state index in [1.54, 1.807) is 13.0 Å². The van der Waals surface area contributed by atoms with Gasteiger partial charge < -0.3 is 14.7 Å². The van der Waals surface area contributed by atoms with Crippen molar-refractivity contribution in [3.8, 4) is 0 Å². The van der Waals surface area contributed by atoms with Gasteiger partial charge in [-0.25, -0.2) is 0 Å². The van der Waals surface area contributed by atoms with Gasteiger partial charge in [0, 0.05) is 45.3 Å². The van der Waals surface area contributed by atoms with Crippen LogP contribution in [0.5, 0.6) is 0 Å². The first-order valence-corrected chi connectivity index (χ1v) is 8.93. The molecule has 140 valence electrons. The predicted molar refractivity (Wildman–Crippen MR) is 95.3 cm³/mol. The number of carbonyl (C=O) groups is 2. The van der Waals surface area contributed by atoms with E-state index in [9.17, 15) is 9.59 Å². The van der Waals surface area contributed by atoms with Crippen LogP contribution >= 0.6 is 0 Å². The normalized spacial score (nSPS) is 17.3. The number of nitrogens with zero attached hydrogens (tertiary/aromatic N) is 4. The largest absolute Gasteiger partial charge is 0.360 e. The summed E-state index contributed by atoms with van der Waals surface area (Å²) in [6, 6.07) is 1.44. The van der Waals surface area contributed by atoms with Gasteiger partial charge in [-0.1, -0.05) is 5.16 Å². The summed E-state index contributed by atoms with van der Waals surface area (Å²) in [7, 11) is 0. The number of nitrogens with one attached hydrogen (secondary N) is 1. The van der Waals surface area contributed by atoms with Crippen molar-refractivity contribution in [1.82, 2.24) is 19.9 Å². The van der Waals surface area contributed by atoms with E-state index in [0.29, 0.717) is 18.1 Å². The van der Waals surface area contributed by atoms with E-state index in [1.165, 1.54) is 0 Å². The molecule has 0 spiro atoms. The van der Waals surface area contributed by atoms with Gasteiger partial charge in [0.2, 0.25) is 11.8 Å². The van der Waals surface area contributed by atoms with Crippen LogP contribution in [0.25, 0.3) is 0 Å². The Morgan fingerprint density at radius 2 is 1.92 bits per heavy atom. The van der Waals surface area contributed by atoms with E-state index in [2.05, 4.69) is 20.3 Å². The molecule has 1 atom stereocenters. The van der Waals surface area contributed by atoms with Gasteiger partial charge >= 0.3 is 0 Å². The summed E-state index contributed by atoms with van der Waals surface area (Å²) in [5.41, 5.74) is 0. The number of likely N-dealkylation sites (N-methyl/N-ethyl adjacent to an activating group) is 1. The number of carbonyl (C=O) groups excluding carboxylic acids is 2. The minimum absolute atomic E-state index is 0.0963. The summed E-state index contributed by atoms with van der Waals surface area (Å²) in [5, 5.41) is 6.56. The second-order valence-electron chi connectivity index (χ2n) is 6.37. The van der Waals surface area contributed by atoms with Crippen molar-refractivity contribution < 1.29 is 14.1 Å². The van der Waals surface area contributed by atoms with Crippen molar-refractivity contribution in [2.24, 2.45) is 0 Å². The number of piperazine rings is 1. The molecular formula is C17H29N5O3. The third-order valence-corrected chi connectivity index (χ3v) is 4.69.